The molecular formula is C27H40N4O4S. The van der Waals surface area contributed by atoms with Crippen LogP contribution in [0.2, 0.25) is 0 Å². The summed E-state index contributed by atoms with van der Waals surface area (Å²) in [5.41, 5.74) is 10.6. The molecule has 0 spiro atoms. The minimum Gasteiger partial charge on any atom is -0.493 e. The van der Waals surface area contributed by atoms with Crippen LogP contribution in [0.5, 0.6) is 5.75 Å². The van der Waals surface area contributed by atoms with Crippen molar-refractivity contribution in [1.82, 2.24) is 4.90 Å². The largest absolute Gasteiger partial charge is 0.493 e. The number of ether oxygens (including phenoxy) is 2. The van der Waals surface area contributed by atoms with E-state index in [1.807, 2.05) is 37.3 Å². The van der Waals surface area contributed by atoms with Crippen LogP contribution in [0, 0.1) is 0 Å². The van der Waals surface area contributed by atoms with Gasteiger partial charge in [-0.2, -0.15) is 0 Å². The van der Waals surface area contributed by atoms with Crippen LogP contribution in [0.15, 0.2) is 42.5 Å². The van der Waals surface area contributed by atoms with Crippen molar-refractivity contribution in [2.45, 2.75) is 45.2 Å². The molecule has 0 aliphatic carbocycles. The summed E-state index contributed by atoms with van der Waals surface area (Å²) in [4.78, 5) is 4.72. The number of hydrogen-bond acceptors (Lipinski definition) is 7. The van der Waals surface area contributed by atoms with Crippen molar-refractivity contribution in [3.05, 3.63) is 53.6 Å². The highest BCUT2D eigenvalue weighted by atomic mass is 32.2. The van der Waals surface area contributed by atoms with E-state index in [0.717, 1.165) is 74.8 Å². The van der Waals surface area contributed by atoms with Crippen LogP contribution in [0.1, 0.15) is 56.3 Å². The first-order valence-electron chi connectivity index (χ1n) is 13.1. The summed E-state index contributed by atoms with van der Waals surface area (Å²) in [5, 5.41) is 0. The molecule has 8 nitrogen and oxygen atoms in total. The Labute approximate surface area is 215 Å². The van der Waals surface area contributed by atoms with Gasteiger partial charge in [-0.25, -0.2) is 8.42 Å². The molecule has 2 aromatic rings. The zero-order chi connectivity index (χ0) is 25.5. The lowest BCUT2D eigenvalue weighted by atomic mass is 9.97. The van der Waals surface area contributed by atoms with Gasteiger partial charge in [0, 0.05) is 43.6 Å². The first-order valence-corrected chi connectivity index (χ1v) is 14.8. The van der Waals surface area contributed by atoms with Crippen LogP contribution in [-0.2, 0) is 14.8 Å². The number of morpholine rings is 1. The molecule has 0 amide bonds. The molecule has 1 saturated heterocycles. The van der Waals surface area contributed by atoms with Crippen LogP contribution in [0.4, 0.5) is 11.4 Å². The van der Waals surface area contributed by atoms with Gasteiger partial charge in [-0.3, -0.25) is 9.62 Å². The molecule has 0 aromatic heterocycles. The van der Waals surface area contributed by atoms with E-state index in [9.17, 15) is 8.42 Å². The van der Waals surface area contributed by atoms with Gasteiger partial charge in [0.05, 0.1) is 37.7 Å². The van der Waals surface area contributed by atoms with E-state index in [1.54, 1.807) is 0 Å². The number of sulfonamides is 1. The average molecular weight is 517 g/mol. The smallest absolute Gasteiger partial charge is 0.232 e. The summed E-state index contributed by atoms with van der Waals surface area (Å²) < 4.78 is 38.7. The van der Waals surface area contributed by atoms with E-state index in [1.165, 1.54) is 0 Å². The molecule has 0 saturated carbocycles. The number of rotatable bonds is 12. The highest BCUT2D eigenvalue weighted by Crippen LogP contribution is 2.47. The van der Waals surface area contributed by atoms with E-state index >= 15 is 0 Å². The minimum atomic E-state index is -3.33. The van der Waals surface area contributed by atoms with Crippen molar-refractivity contribution in [3.8, 4) is 5.75 Å². The molecule has 2 heterocycles. The SMILES string of the molecule is CCCCS(=O)(=O)Nc1ccc(C2C(N)c3ccc(OCCCN4CCOCC4)cc3N2CC)cc1. The number of fused-ring (bicyclic) bond motifs is 1. The van der Waals surface area contributed by atoms with Crippen LogP contribution in [0.25, 0.3) is 0 Å². The first kappa shape index (κ1) is 26.7. The van der Waals surface area contributed by atoms with E-state index < -0.39 is 10.0 Å². The Morgan fingerprint density at radius 3 is 2.53 bits per heavy atom. The first-order chi connectivity index (χ1) is 17.4. The predicted molar refractivity (Wildman–Crippen MR) is 145 cm³/mol. The zero-order valence-corrected chi connectivity index (χ0v) is 22.3. The molecule has 2 aliphatic rings. The fraction of sp³-hybridized carbons (Fsp3) is 0.556. The van der Waals surface area contributed by atoms with Gasteiger partial charge in [0.25, 0.3) is 0 Å². The monoisotopic (exact) mass is 516 g/mol. The Balaban J connectivity index is 1.40. The summed E-state index contributed by atoms with van der Waals surface area (Å²) in [7, 11) is -3.33. The molecule has 3 N–H and O–H groups in total. The number of nitrogens with two attached hydrogens (primary N) is 1. The van der Waals surface area contributed by atoms with Gasteiger partial charge < -0.3 is 20.1 Å². The Kier molecular flexibility index (Phi) is 9.11. The second-order valence-corrected chi connectivity index (χ2v) is 11.4. The molecule has 2 atom stereocenters. The van der Waals surface area contributed by atoms with Gasteiger partial charge in [0.2, 0.25) is 10.0 Å². The molecule has 1 fully saturated rings. The van der Waals surface area contributed by atoms with Gasteiger partial charge in [0.15, 0.2) is 0 Å². The molecule has 4 rings (SSSR count). The van der Waals surface area contributed by atoms with Gasteiger partial charge in [0.1, 0.15) is 5.75 Å². The fourth-order valence-electron chi connectivity index (χ4n) is 5.03. The van der Waals surface area contributed by atoms with E-state index in [0.29, 0.717) is 18.7 Å². The van der Waals surface area contributed by atoms with Crippen molar-refractivity contribution in [1.29, 1.82) is 0 Å². The molecule has 2 unspecified atom stereocenters. The third kappa shape index (κ3) is 6.51. The number of nitrogens with zero attached hydrogens (tertiary/aromatic N) is 2. The lowest BCUT2D eigenvalue weighted by Crippen LogP contribution is -2.37. The Morgan fingerprint density at radius 1 is 1.08 bits per heavy atom. The highest BCUT2D eigenvalue weighted by molar-refractivity contribution is 7.92. The van der Waals surface area contributed by atoms with Crippen molar-refractivity contribution in [2.24, 2.45) is 5.73 Å². The van der Waals surface area contributed by atoms with Crippen molar-refractivity contribution in [2.75, 3.05) is 61.4 Å². The summed E-state index contributed by atoms with van der Waals surface area (Å²) in [6, 6.07) is 13.6. The molecule has 198 valence electrons. The van der Waals surface area contributed by atoms with Gasteiger partial charge in [-0.05, 0) is 49.1 Å². The highest BCUT2D eigenvalue weighted by Gasteiger charge is 2.36. The number of unbranched alkanes of at least 4 members (excludes halogenated alkanes) is 1. The molecule has 36 heavy (non-hydrogen) atoms. The van der Waals surface area contributed by atoms with Crippen LogP contribution >= 0.6 is 0 Å². The normalized spacial score (nSPS) is 20.4. The quantitative estimate of drug-likeness (QED) is 0.413. The Morgan fingerprint density at radius 2 is 1.83 bits per heavy atom. The molecule has 2 aromatic carbocycles. The maximum atomic E-state index is 12.2. The second-order valence-electron chi connectivity index (χ2n) is 9.53. The van der Waals surface area contributed by atoms with Crippen LogP contribution < -0.4 is 20.1 Å². The lowest BCUT2D eigenvalue weighted by Gasteiger charge is -2.29. The molecule has 0 bridgehead atoms. The number of benzene rings is 2. The topological polar surface area (TPSA) is 97.1 Å². The lowest BCUT2D eigenvalue weighted by molar-refractivity contribution is 0.0358. The standard InChI is InChI=1S/C27H40N4O4S/c1-3-5-19-36(32,33)29-22-9-7-21(8-10-22)27-26(28)24-12-11-23(20-25(24)31(27)4-2)35-16-6-13-30-14-17-34-18-15-30/h7-12,20,26-27,29H,3-6,13-19,28H2,1-2H3. The van der Waals surface area contributed by atoms with Crippen molar-refractivity contribution < 1.29 is 17.9 Å². The number of anilines is 2. The Bertz CT molecular complexity index is 1090. The zero-order valence-electron chi connectivity index (χ0n) is 21.5. The Hall–Kier alpha value is -2.33. The van der Waals surface area contributed by atoms with Crippen molar-refractivity contribution in [3.63, 3.8) is 0 Å². The van der Waals surface area contributed by atoms with Gasteiger partial charge in [-0.15, -0.1) is 0 Å². The summed E-state index contributed by atoms with van der Waals surface area (Å²) >= 11 is 0. The number of hydrogen-bond donors (Lipinski definition) is 2. The molecule has 9 heteroatoms. The number of nitrogens with one attached hydrogen (secondary N) is 1. The van der Waals surface area contributed by atoms with Gasteiger partial charge in [-0.1, -0.05) is 31.5 Å². The molecule has 0 radical (unpaired) electrons. The fourth-order valence-corrected chi connectivity index (χ4v) is 6.29. The minimum absolute atomic E-state index is 0.0210. The van der Waals surface area contributed by atoms with Crippen LogP contribution in [-0.4, -0.2) is 65.1 Å². The van der Waals surface area contributed by atoms with E-state index in [-0.39, 0.29) is 17.8 Å². The summed E-state index contributed by atoms with van der Waals surface area (Å²) in [6.07, 6.45) is 2.47. The third-order valence-corrected chi connectivity index (χ3v) is 8.34. The maximum Gasteiger partial charge on any atom is 0.232 e. The molecule has 2 aliphatic heterocycles. The van der Waals surface area contributed by atoms with Gasteiger partial charge >= 0.3 is 0 Å². The predicted octanol–water partition coefficient (Wildman–Crippen LogP) is 3.91. The summed E-state index contributed by atoms with van der Waals surface area (Å²) in [5.74, 6) is 0.994. The van der Waals surface area contributed by atoms with E-state index in [4.69, 9.17) is 15.2 Å². The maximum absolute atomic E-state index is 12.2. The average Bonchev–Trinajstić information content (AvgIpc) is 3.17. The summed E-state index contributed by atoms with van der Waals surface area (Å²) in [6.45, 7) is 10.2. The van der Waals surface area contributed by atoms with Crippen LogP contribution in [0.3, 0.4) is 0 Å². The van der Waals surface area contributed by atoms with E-state index in [2.05, 4.69) is 33.6 Å². The van der Waals surface area contributed by atoms with Crippen molar-refractivity contribution >= 4 is 21.4 Å². The number of likely N-dealkylation sites (N-methyl/N-ethyl adjacent to an activating group) is 1. The third-order valence-electron chi connectivity index (χ3n) is 6.97. The molecular weight excluding hydrogens is 476 g/mol. The second kappa shape index (κ2) is 12.3.